The SMILES string of the molecule is CCCC(NC(=O)C(CCC)NC(C)CC)C(=O)NC(CCC)C(=O)C(C)(CC)OC. The third kappa shape index (κ3) is 9.69. The van der Waals surface area contributed by atoms with Crippen LogP contribution in [-0.4, -0.2) is 54.5 Å². The van der Waals surface area contributed by atoms with Crippen molar-refractivity contribution in [1.82, 2.24) is 16.0 Å². The maximum absolute atomic E-state index is 13.1. The number of carbonyl (C=O) groups is 3. The third-order valence-corrected chi connectivity index (χ3v) is 6.06. The van der Waals surface area contributed by atoms with Crippen LogP contribution in [0.3, 0.4) is 0 Å². The maximum Gasteiger partial charge on any atom is 0.243 e. The summed E-state index contributed by atoms with van der Waals surface area (Å²) in [5.41, 5.74) is -0.941. The van der Waals surface area contributed by atoms with Crippen LogP contribution in [0.4, 0.5) is 0 Å². The molecule has 0 aromatic rings. The summed E-state index contributed by atoms with van der Waals surface area (Å²) in [5, 5.41) is 9.18. The van der Waals surface area contributed by atoms with Gasteiger partial charge in [-0.1, -0.05) is 53.9 Å². The van der Waals surface area contributed by atoms with Crippen molar-refractivity contribution in [3.05, 3.63) is 0 Å². The quantitative estimate of drug-likeness (QED) is 0.321. The van der Waals surface area contributed by atoms with Crippen molar-refractivity contribution < 1.29 is 19.1 Å². The van der Waals surface area contributed by atoms with Crippen LogP contribution in [0.25, 0.3) is 0 Å². The lowest BCUT2D eigenvalue weighted by Gasteiger charge is -2.31. The molecular weight excluding hydrogens is 394 g/mol. The van der Waals surface area contributed by atoms with Crippen LogP contribution in [0.2, 0.25) is 0 Å². The molecule has 0 fully saturated rings. The van der Waals surface area contributed by atoms with Crippen LogP contribution in [0.1, 0.15) is 99.8 Å². The number of amides is 2. The van der Waals surface area contributed by atoms with Gasteiger partial charge in [-0.2, -0.15) is 0 Å². The Kier molecular flexibility index (Phi) is 14.6. The molecule has 0 heterocycles. The number of methoxy groups -OCH3 is 1. The number of rotatable bonds is 17. The minimum absolute atomic E-state index is 0.128. The van der Waals surface area contributed by atoms with Crippen molar-refractivity contribution in [3.63, 3.8) is 0 Å². The van der Waals surface area contributed by atoms with Gasteiger partial charge in [0.25, 0.3) is 0 Å². The van der Waals surface area contributed by atoms with Gasteiger partial charge in [0.05, 0.1) is 12.1 Å². The Hall–Kier alpha value is -1.47. The van der Waals surface area contributed by atoms with E-state index in [1.807, 2.05) is 34.6 Å². The molecule has 0 aromatic heterocycles. The zero-order valence-corrected chi connectivity index (χ0v) is 21.1. The summed E-state index contributed by atoms with van der Waals surface area (Å²) >= 11 is 0. The zero-order valence-electron chi connectivity index (χ0n) is 21.1. The third-order valence-electron chi connectivity index (χ3n) is 6.06. The molecule has 3 N–H and O–H groups in total. The summed E-state index contributed by atoms with van der Waals surface area (Å²) < 4.78 is 5.46. The lowest BCUT2D eigenvalue weighted by molar-refractivity contribution is -0.144. The molecule has 7 heteroatoms. The van der Waals surface area contributed by atoms with Gasteiger partial charge in [-0.15, -0.1) is 0 Å². The fourth-order valence-electron chi connectivity index (χ4n) is 3.49. The van der Waals surface area contributed by atoms with E-state index in [1.165, 1.54) is 7.11 Å². The highest BCUT2D eigenvalue weighted by Gasteiger charge is 2.37. The van der Waals surface area contributed by atoms with E-state index in [9.17, 15) is 14.4 Å². The summed E-state index contributed by atoms with van der Waals surface area (Å²) in [4.78, 5) is 39.1. The first-order chi connectivity index (χ1) is 14.6. The molecule has 5 unspecified atom stereocenters. The Balaban J connectivity index is 5.41. The van der Waals surface area contributed by atoms with Gasteiger partial charge in [0.15, 0.2) is 5.78 Å². The molecule has 5 atom stereocenters. The number of hydrogen-bond donors (Lipinski definition) is 3. The van der Waals surface area contributed by atoms with Crippen molar-refractivity contribution in [1.29, 1.82) is 0 Å². The molecule has 0 spiro atoms. The number of ether oxygens (including phenoxy) is 1. The number of hydrogen-bond acceptors (Lipinski definition) is 5. The van der Waals surface area contributed by atoms with Crippen LogP contribution in [0.15, 0.2) is 0 Å². The fraction of sp³-hybridized carbons (Fsp3) is 0.875. The highest BCUT2D eigenvalue weighted by molar-refractivity contribution is 5.96. The van der Waals surface area contributed by atoms with E-state index in [-0.39, 0.29) is 29.7 Å². The van der Waals surface area contributed by atoms with Crippen molar-refractivity contribution >= 4 is 17.6 Å². The van der Waals surface area contributed by atoms with Gasteiger partial charge in [0.1, 0.15) is 11.6 Å². The second-order valence-electron chi connectivity index (χ2n) is 8.67. The van der Waals surface area contributed by atoms with Gasteiger partial charge < -0.3 is 20.7 Å². The molecule has 0 saturated heterocycles. The van der Waals surface area contributed by atoms with Crippen molar-refractivity contribution in [2.24, 2.45) is 0 Å². The standard InChI is InChI=1S/C24H47N3O4/c1-9-14-18(21(28)24(7,13-5)31-8)26-23(30)20(16-11-3)27-22(29)19(15-10-2)25-17(6)12-4/h17-20,25H,9-16H2,1-8H3,(H,26,30)(H,27,29). The zero-order chi connectivity index (χ0) is 24.0. The normalized spacial score (nSPS) is 17.2. The summed E-state index contributed by atoms with van der Waals surface area (Å²) in [7, 11) is 1.52. The van der Waals surface area contributed by atoms with Gasteiger partial charge in [-0.25, -0.2) is 0 Å². The van der Waals surface area contributed by atoms with Crippen LogP contribution < -0.4 is 16.0 Å². The molecule has 0 aromatic carbocycles. The largest absolute Gasteiger partial charge is 0.371 e. The van der Waals surface area contributed by atoms with Crippen molar-refractivity contribution in [3.8, 4) is 0 Å². The van der Waals surface area contributed by atoms with Crippen LogP contribution in [0.5, 0.6) is 0 Å². The second-order valence-corrected chi connectivity index (χ2v) is 8.67. The summed E-state index contributed by atoms with van der Waals surface area (Å²) in [5.74, 6) is -0.601. The minimum Gasteiger partial charge on any atom is -0.371 e. The summed E-state index contributed by atoms with van der Waals surface area (Å²) in [6.07, 6.45) is 5.56. The van der Waals surface area contributed by atoms with E-state index < -0.39 is 17.7 Å². The molecule has 7 nitrogen and oxygen atoms in total. The number of Topliss-reactive ketones (excluding diaryl/α,β-unsaturated/α-hetero) is 1. The van der Waals surface area contributed by atoms with E-state index in [4.69, 9.17) is 4.74 Å². The van der Waals surface area contributed by atoms with Gasteiger partial charge >= 0.3 is 0 Å². The predicted molar refractivity (Wildman–Crippen MR) is 126 cm³/mol. The minimum atomic E-state index is -0.941. The van der Waals surface area contributed by atoms with Crippen LogP contribution >= 0.6 is 0 Å². The Bertz CT molecular complexity index is 549. The number of ketones is 1. The Morgan fingerprint density at radius 3 is 1.71 bits per heavy atom. The topological polar surface area (TPSA) is 96.5 Å². The molecule has 0 aliphatic carbocycles. The Labute approximate surface area is 189 Å². The average molecular weight is 442 g/mol. The van der Waals surface area contributed by atoms with Gasteiger partial charge in [0, 0.05) is 13.2 Å². The Morgan fingerprint density at radius 1 is 0.806 bits per heavy atom. The lowest BCUT2D eigenvalue weighted by Crippen LogP contribution is -2.57. The first-order valence-electron chi connectivity index (χ1n) is 12.1. The Morgan fingerprint density at radius 2 is 1.26 bits per heavy atom. The summed E-state index contributed by atoms with van der Waals surface area (Å²) in [6, 6.07) is -1.42. The maximum atomic E-state index is 13.1. The molecule has 0 radical (unpaired) electrons. The molecule has 2 amide bonds. The monoisotopic (exact) mass is 441 g/mol. The van der Waals surface area contributed by atoms with Crippen LogP contribution in [0, 0.1) is 0 Å². The van der Waals surface area contributed by atoms with E-state index in [1.54, 1.807) is 6.92 Å². The fourth-order valence-corrected chi connectivity index (χ4v) is 3.49. The smallest absolute Gasteiger partial charge is 0.243 e. The van der Waals surface area contributed by atoms with E-state index in [2.05, 4.69) is 22.9 Å². The molecule has 0 bridgehead atoms. The second kappa shape index (κ2) is 15.4. The molecule has 182 valence electrons. The van der Waals surface area contributed by atoms with E-state index in [0.717, 1.165) is 25.7 Å². The summed E-state index contributed by atoms with van der Waals surface area (Å²) in [6.45, 7) is 13.8. The number of carbonyl (C=O) groups excluding carboxylic acids is 3. The van der Waals surface area contributed by atoms with Crippen LogP contribution in [-0.2, 0) is 19.1 Å². The predicted octanol–water partition coefficient (Wildman–Crippen LogP) is 3.50. The first-order valence-corrected chi connectivity index (χ1v) is 12.1. The number of nitrogens with one attached hydrogen (secondary N) is 3. The van der Waals surface area contributed by atoms with Gasteiger partial charge in [-0.05, 0) is 46.0 Å². The van der Waals surface area contributed by atoms with Gasteiger partial charge in [-0.3, -0.25) is 14.4 Å². The van der Waals surface area contributed by atoms with Gasteiger partial charge in [0.2, 0.25) is 11.8 Å². The first kappa shape index (κ1) is 29.5. The molecule has 31 heavy (non-hydrogen) atoms. The highest BCUT2D eigenvalue weighted by atomic mass is 16.5. The van der Waals surface area contributed by atoms with E-state index >= 15 is 0 Å². The molecule has 0 aliphatic rings. The average Bonchev–Trinajstić information content (AvgIpc) is 2.76. The van der Waals surface area contributed by atoms with E-state index in [0.29, 0.717) is 25.7 Å². The van der Waals surface area contributed by atoms with Crippen molar-refractivity contribution in [2.75, 3.05) is 7.11 Å². The molecular formula is C24H47N3O4. The lowest BCUT2D eigenvalue weighted by atomic mass is 9.90. The molecule has 0 saturated carbocycles. The molecule has 0 aliphatic heterocycles. The highest BCUT2D eigenvalue weighted by Crippen LogP contribution is 2.19. The van der Waals surface area contributed by atoms with Crippen molar-refractivity contribution in [2.45, 2.75) is 130 Å². The molecule has 0 rings (SSSR count).